The standard InChI is InChI=1S/C15H12N4O2/c1-10(20)14-15(18-19-17-14)21-13-4-2-11(3-5-13)12-6-8-16-9-7-12/h2-9H,1H3,(H,17,18,19). The molecular weight excluding hydrogens is 268 g/mol. The number of benzene rings is 1. The zero-order chi connectivity index (χ0) is 14.7. The Morgan fingerprint density at radius 2 is 1.71 bits per heavy atom. The summed E-state index contributed by atoms with van der Waals surface area (Å²) in [5.74, 6) is 0.590. The molecule has 104 valence electrons. The Labute approximate surface area is 120 Å². The molecule has 0 atom stereocenters. The van der Waals surface area contributed by atoms with E-state index in [0.717, 1.165) is 11.1 Å². The second-order valence-corrected chi connectivity index (χ2v) is 4.41. The van der Waals surface area contributed by atoms with E-state index in [9.17, 15) is 4.79 Å². The van der Waals surface area contributed by atoms with Gasteiger partial charge in [0.2, 0.25) is 0 Å². The van der Waals surface area contributed by atoms with Gasteiger partial charge in [-0.2, -0.15) is 0 Å². The van der Waals surface area contributed by atoms with Crippen LogP contribution < -0.4 is 4.74 Å². The van der Waals surface area contributed by atoms with Crippen LogP contribution in [-0.2, 0) is 0 Å². The number of hydrogen-bond donors (Lipinski definition) is 1. The van der Waals surface area contributed by atoms with E-state index in [4.69, 9.17) is 4.74 Å². The first-order valence-corrected chi connectivity index (χ1v) is 6.34. The Morgan fingerprint density at radius 3 is 2.38 bits per heavy atom. The third-order valence-electron chi connectivity index (χ3n) is 2.95. The lowest BCUT2D eigenvalue weighted by molar-refractivity contribution is 0.101. The molecule has 0 amide bonds. The maximum atomic E-state index is 11.4. The maximum absolute atomic E-state index is 11.4. The Hall–Kier alpha value is -3.02. The van der Waals surface area contributed by atoms with Crippen LogP contribution in [0.3, 0.4) is 0 Å². The molecule has 0 aliphatic rings. The quantitative estimate of drug-likeness (QED) is 0.743. The lowest BCUT2D eigenvalue weighted by Crippen LogP contribution is -1.96. The number of nitrogens with one attached hydrogen (secondary N) is 1. The second-order valence-electron chi connectivity index (χ2n) is 4.41. The number of nitrogens with zero attached hydrogens (tertiary/aromatic N) is 3. The third-order valence-corrected chi connectivity index (χ3v) is 2.95. The normalized spacial score (nSPS) is 10.3. The average molecular weight is 280 g/mol. The molecule has 0 radical (unpaired) electrons. The summed E-state index contributed by atoms with van der Waals surface area (Å²) in [6, 6.07) is 11.3. The van der Waals surface area contributed by atoms with Gasteiger partial charge in [-0.05, 0) is 35.4 Å². The van der Waals surface area contributed by atoms with Crippen LogP contribution in [0.4, 0.5) is 0 Å². The van der Waals surface area contributed by atoms with Gasteiger partial charge in [0, 0.05) is 19.3 Å². The number of ether oxygens (including phenoxy) is 1. The summed E-state index contributed by atoms with van der Waals surface area (Å²) in [5, 5.41) is 9.85. The Balaban J connectivity index is 1.82. The lowest BCUT2D eigenvalue weighted by Gasteiger charge is -2.05. The SMILES string of the molecule is CC(=O)c1[nH]nnc1Oc1ccc(-c2ccncc2)cc1. The number of ketones is 1. The van der Waals surface area contributed by atoms with Crippen LogP contribution in [0.2, 0.25) is 0 Å². The first kappa shape index (κ1) is 13.0. The van der Waals surface area contributed by atoms with E-state index in [1.165, 1.54) is 6.92 Å². The second kappa shape index (κ2) is 5.54. The molecule has 0 saturated carbocycles. The number of carbonyl (C=O) groups excluding carboxylic acids is 1. The summed E-state index contributed by atoms with van der Waals surface area (Å²) >= 11 is 0. The van der Waals surface area contributed by atoms with Crippen molar-refractivity contribution in [1.82, 2.24) is 20.4 Å². The molecule has 0 saturated heterocycles. The van der Waals surface area contributed by atoms with E-state index >= 15 is 0 Å². The molecule has 0 fully saturated rings. The molecule has 21 heavy (non-hydrogen) atoms. The van der Waals surface area contributed by atoms with Gasteiger partial charge in [0.15, 0.2) is 11.5 Å². The highest BCUT2D eigenvalue weighted by Gasteiger charge is 2.13. The summed E-state index contributed by atoms with van der Waals surface area (Å²) in [5.41, 5.74) is 2.38. The number of aromatic amines is 1. The van der Waals surface area contributed by atoms with Crippen LogP contribution in [-0.4, -0.2) is 26.2 Å². The summed E-state index contributed by atoms with van der Waals surface area (Å²) in [4.78, 5) is 15.3. The summed E-state index contributed by atoms with van der Waals surface area (Å²) < 4.78 is 5.56. The molecule has 2 heterocycles. The predicted molar refractivity (Wildman–Crippen MR) is 76.1 cm³/mol. The van der Waals surface area contributed by atoms with Crippen LogP contribution in [0.5, 0.6) is 11.6 Å². The van der Waals surface area contributed by atoms with E-state index in [-0.39, 0.29) is 17.4 Å². The molecule has 1 N–H and O–H groups in total. The number of hydrogen-bond acceptors (Lipinski definition) is 5. The molecule has 3 rings (SSSR count). The van der Waals surface area contributed by atoms with E-state index in [1.54, 1.807) is 12.4 Å². The number of pyridine rings is 1. The number of carbonyl (C=O) groups is 1. The summed E-state index contributed by atoms with van der Waals surface area (Å²) in [7, 11) is 0. The Bertz CT molecular complexity index is 751. The van der Waals surface area contributed by atoms with Crippen molar-refractivity contribution >= 4 is 5.78 Å². The molecule has 0 unspecified atom stereocenters. The fourth-order valence-corrected chi connectivity index (χ4v) is 1.89. The van der Waals surface area contributed by atoms with E-state index < -0.39 is 0 Å². The Morgan fingerprint density at radius 1 is 1.05 bits per heavy atom. The first-order chi connectivity index (χ1) is 10.2. The molecule has 6 heteroatoms. The first-order valence-electron chi connectivity index (χ1n) is 6.34. The Kier molecular flexibility index (Phi) is 3.42. The minimum Gasteiger partial charge on any atom is -0.436 e. The van der Waals surface area contributed by atoms with E-state index in [0.29, 0.717) is 5.75 Å². The van der Waals surface area contributed by atoms with Crippen molar-refractivity contribution in [1.29, 1.82) is 0 Å². The van der Waals surface area contributed by atoms with E-state index in [1.807, 2.05) is 36.4 Å². The minimum atomic E-state index is -0.177. The molecule has 3 aromatic rings. The fourth-order valence-electron chi connectivity index (χ4n) is 1.89. The van der Waals surface area contributed by atoms with Gasteiger partial charge in [-0.1, -0.05) is 22.4 Å². The van der Waals surface area contributed by atoms with Gasteiger partial charge in [0.1, 0.15) is 5.75 Å². The highest BCUT2D eigenvalue weighted by molar-refractivity contribution is 5.94. The van der Waals surface area contributed by atoms with Gasteiger partial charge in [0.05, 0.1) is 0 Å². The number of H-pyrrole nitrogens is 1. The van der Waals surface area contributed by atoms with Crippen molar-refractivity contribution in [3.8, 4) is 22.8 Å². The largest absolute Gasteiger partial charge is 0.436 e. The highest BCUT2D eigenvalue weighted by atomic mass is 16.5. The molecule has 0 aliphatic carbocycles. The predicted octanol–water partition coefficient (Wildman–Crippen LogP) is 2.86. The highest BCUT2D eigenvalue weighted by Crippen LogP contribution is 2.25. The van der Waals surface area contributed by atoms with Gasteiger partial charge in [-0.15, -0.1) is 0 Å². The lowest BCUT2D eigenvalue weighted by atomic mass is 10.1. The number of rotatable bonds is 4. The molecule has 2 aromatic heterocycles. The van der Waals surface area contributed by atoms with Gasteiger partial charge in [-0.3, -0.25) is 14.9 Å². The van der Waals surface area contributed by atoms with Crippen molar-refractivity contribution < 1.29 is 9.53 Å². The monoisotopic (exact) mass is 280 g/mol. The topological polar surface area (TPSA) is 80.8 Å². The summed E-state index contributed by atoms with van der Waals surface area (Å²) in [6.07, 6.45) is 3.49. The van der Waals surface area contributed by atoms with Crippen molar-refractivity contribution in [3.63, 3.8) is 0 Å². The van der Waals surface area contributed by atoms with Crippen LogP contribution in [0, 0.1) is 0 Å². The zero-order valence-corrected chi connectivity index (χ0v) is 11.3. The molecule has 6 nitrogen and oxygen atoms in total. The van der Waals surface area contributed by atoms with E-state index in [2.05, 4.69) is 20.4 Å². The van der Waals surface area contributed by atoms with Gasteiger partial charge in [0.25, 0.3) is 5.88 Å². The van der Waals surface area contributed by atoms with Gasteiger partial charge >= 0.3 is 0 Å². The van der Waals surface area contributed by atoms with Crippen LogP contribution in [0.25, 0.3) is 11.1 Å². The van der Waals surface area contributed by atoms with Gasteiger partial charge in [-0.25, -0.2) is 0 Å². The van der Waals surface area contributed by atoms with Crippen LogP contribution in [0.15, 0.2) is 48.8 Å². The third kappa shape index (κ3) is 2.79. The molecule has 0 spiro atoms. The van der Waals surface area contributed by atoms with Gasteiger partial charge < -0.3 is 4.74 Å². The minimum absolute atomic E-state index is 0.177. The maximum Gasteiger partial charge on any atom is 0.269 e. The van der Waals surface area contributed by atoms with Crippen molar-refractivity contribution in [2.24, 2.45) is 0 Å². The average Bonchev–Trinajstić information content (AvgIpc) is 2.97. The van der Waals surface area contributed by atoms with Crippen LogP contribution >= 0.6 is 0 Å². The van der Waals surface area contributed by atoms with Crippen molar-refractivity contribution in [2.75, 3.05) is 0 Å². The molecule has 0 bridgehead atoms. The van der Waals surface area contributed by atoms with Crippen molar-refractivity contribution in [3.05, 3.63) is 54.5 Å². The van der Waals surface area contributed by atoms with Crippen LogP contribution in [0.1, 0.15) is 17.4 Å². The van der Waals surface area contributed by atoms with Crippen molar-refractivity contribution in [2.45, 2.75) is 6.92 Å². The molecular formula is C15H12N4O2. The molecule has 1 aromatic carbocycles. The smallest absolute Gasteiger partial charge is 0.269 e. The fraction of sp³-hybridized carbons (Fsp3) is 0.0667. The molecule has 0 aliphatic heterocycles. The number of aromatic nitrogens is 4. The summed E-state index contributed by atoms with van der Waals surface area (Å²) in [6.45, 7) is 1.43. The zero-order valence-electron chi connectivity index (χ0n) is 11.3. The number of Topliss-reactive ketones (excluding diaryl/α,β-unsaturated/α-hetero) is 1.